The maximum Gasteiger partial charge on any atom is 0.250 e. The van der Waals surface area contributed by atoms with Crippen molar-refractivity contribution in [1.29, 1.82) is 0 Å². The molecule has 0 spiro atoms. The fraction of sp³-hybridized carbons (Fsp3) is 0.417. The highest BCUT2D eigenvalue weighted by molar-refractivity contribution is 7.90. The van der Waals surface area contributed by atoms with E-state index in [2.05, 4.69) is 20.3 Å². The van der Waals surface area contributed by atoms with Crippen molar-refractivity contribution >= 4 is 33.1 Å². The molecule has 1 saturated carbocycles. The molecule has 0 bridgehead atoms. The number of hydrogen-bond donors (Lipinski definition) is 1. The Balaban J connectivity index is 1.83. The number of sulfone groups is 1. The van der Waals surface area contributed by atoms with Crippen LogP contribution in [-0.2, 0) is 9.84 Å². The van der Waals surface area contributed by atoms with Gasteiger partial charge in [0.25, 0.3) is 0 Å². The summed E-state index contributed by atoms with van der Waals surface area (Å²) in [6, 6.07) is 1.47. The van der Waals surface area contributed by atoms with Gasteiger partial charge < -0.3 is 5.32 Å². The van der Waals surface area contributed by atoms with Crippen LogP contribution in [-0.4, -0.2) is 37.0 Å². The molecular weight excluding hydrogens is 300 g/mol. The van der Waals surface area contributed by atoms with Gasteiger partial charge in [-0.05, 0) is 30.4 Å². The summed E-state index contributed by atoms with van der Waals surface area (Å²) < 4.78 is 22.9. The minimum Gasteiger partial charge on any atom is -0.325 e. The molecule has 1 fully saturated rings. The lowest BCUT2D eigenvalue weighted by Gasteiger charge is -2.05. The molecule has 0 aromatic carbocycles. The Morgan fingerprint density at radius 2 is 2.10 bits per heavy atom. The summed E-state index contributed by atoms with van der Waals surface area (Å²) in [5.41, 5.74) is 1.32. The molecule has 2 aliphatic rings. The molecule has 0 unspecified atom stereocenters. The van der Waals surface area contributed by atoms with E-state index in [0.29, 0.717) is 24.1 Å². The Labute approximate surface area is 121 Å². The number of nitrogens with one attached hydrogen (secondary N) is 1. The molecule has 1 N–H and O–H groups in total. The first-order valence-corrected chi connectivity index (χ1v) is 8.45. The summed E-state index contributed by atoms with van der Waals surface area (Å²) in [5.74, 6) is 1.68. The molecule has 0 radical (unpaired) electrons. The molecule has 1 aromatic rings. The third-order valence-corrected chi connectivity index (χ3v) is 4.16. The van der Waals surface area contributed by atoms with Crippen LogP contribution in [0.2, 0.25) is 5.15 Å². The molecule has 20 heavy (non-hydrogen) atoms. The van der Waals surface area contributed by atoms with Crippen LogP contribution in [0.1, 0.15) is 12.8 Å². The third-order valence-electron chi connectivity index (χ3n) is 3.12. The average Bonchev–Trinajstić information content (AvgIpc) is 3.09. The smallest absolute Gasteiger partial charge is 0.250 e. The summed E-state index contributed by atoms with van der Waals surface area (Å²) in [7, 11) is -3.50. The van der Waals surface area contributed by atoms with E-state index in [9.17, 15) is 8.42 Å². The second-order valence-corrected chi connectivity index (χ2v) is 7.25. The number of rotatable bonds is 3. The van der Waals surface area contributed by atoms with Crippen molar-refractivity contribution in [3.8, 4) is 0 Å². The zero-order valence-corrected chi connectivity index (χ0v) is 12.4. The summed E-state index contributed by atoms with van der Waals surface area (Å²) in [5, 5.41) is 2.76. The van der Waals surface area contributed by atoms with Crippen molar-refractivity contribution < 1.29 is 8.42 Å². The molecule has 1 aromatic heterocycles. The molecule has 2 heterocycles. The summed E-state index contributed by atoms with van der Waals surface area (Å²) >= 11 is 5.82. The standard InChI is InChI=1S/C12H13ClN4O2S/c1-20(18,19)12-15-9(13)5-11(17-12)16-10-4-8(6-14-10)7-2-3-7/h4-5,7H,2-3,6H2,1H3,(H,14,15,16,17). The number of anilines is 1. The van der Waals surface area contributed by atoms with Gasteiger partial charge in [0.1, 0.15) is 16.8 Å². The van der Waals surface area contributed by atoms with Crippen molar-refractivity contribution in [2.75, 3.05) is 18.1 Å². The van der Waals surface area contributed by atoms with E-state index in [1.165, 1.54) is 24.5 Å². The van der Waals surface area contributed by atoms with Crippen LogP contribution in [0.4, 0.5) is 5.82 Å². The molecule has 106 valence electrons. The van der Waals surface area contributed by atoms with E-state index in [-0.39, 0.29) is 10.3 Å². The maximum absolute atomic E-state index is 11.5. The van der Waals surface area contributed by atoms with E-state index in [1.54, 1.807) is 0 Å². The number of aliphatic imine (C=N–C) groups is 1. The Morgan fingerprint density at radius 1 is 1.35 bits per heavy atom. The van der Waals surface area contributed by atoms with Crippen molar-refractivity contribution in [3.63, 3.8) is 0 Å². The van der Waals surface area contributed by atoms with Gasteiger partial charge >= 0.3 is 0 Å². The lowest BCUT2D eigenvalue weighted by molar-refractivity contribution is 0.593. The van der Waals surface area contributed by atoms with E-state index < -0.39 is 9.84 Å². The van der Waals surface area contributed by atoms with E-state index in [1.807, 2.05) is 6.08 Å². The third kappa shape index (κ3) is 2.99. The van der Waals surface area contributed by atoms with Gasteiger partial charge in [0, 0.05) is 12.3 Å². The van der Waals surface area contributed by atoms with Crippen LogP contribution in [0.25, 0.3) is 0 Å². The normalized spacial score (nSPS) is 18.7. The van der Waals surface area contributed by atoms with Gasteiger partial charge in [-0.15, -0.1) is 0 Å². The molecular formula is C12H13ClN4O2S. The Kier molecular flexibility index (Phi) is 3.25. The van der Waals surface area contributed by atoms with Gasteiger partial charge in [-0.3, -0.25) is 4.99 Å². The molecule has 0 saturated heterocycles. The highest BCUT2D eigenvalue weighted by Crippen LogP contribution is 2.37. The van der Waals surface area contributed by atoms with E-state index in [0.717, 1.165) is 6.26 Å². The molecule has 8 heteroatoms. The fourth-order valence-corrected chi connectivity index (χ4v) is 2.74. The molecule has 0 atom stereocenters. The summed E-state index contributed by atoms with van der Waals surface area (Å²) in [6.45, 7) is 0.699. The first-order chi connectivity index (χ1) is 9.41. The zero-order valence-electron chi connectivity index (χ0n) is 10.8. The molecule has 3 rings (SSSR count). The lowest BCUT2D eigenvalue weighted by Crippen LogP contribution is -2.12. The molecule has 6 nitrogen and oxygen atoms in total. The highest BCUT2D eigenvalue weighted by atomic mass is 35.5. The SMILES string of the molecule is CS(=O)(=O)c1nc(Cl)cc(NC2=NCC(C3CC3)=C2)n1. The fourth-order valence-electron chi connectivity index (χ4n) is 1.98. The Morgan fingerprint density at radius 3 is 2.75 bits per heavy atom. The first kappa shape index (κ1) is 13.5. The monoisotopic (exact) mass is 312 g/mol. The van der Waals surface area contributed by atoms with Gasteiger partial charge in [0.05, 0.1) is 6.54 Å². The number of amidine groups is 1. The van der Waals surface area contributed by atoms with Crippen LogP contribution in [0.5, 0.6) is 0 Å². The predicted molar refractivity (Wildman–Crippen MR) is 76.9 cm³/mol. The zero-order chi connectivity index (χ0) is 14.3. The van der Waals surface area contributed by atoms with Gasteiger partial charge in [0.15, 0.2) is 0 Å². The van der Waals surface area contributed by atoms with E-state index >= 15 is 0 Å². The van der Waals surface area contributed by atoms with Crippen LogP contribution in [0.15, 0.2) is 27.9 Å². The van der Waals surface area contributed by atoms with Crippen molar-refractivity contribution in [1.82, 2.24) is 9.97 Å². The molecule has 1 aliphatic carbocycles. The second-order valence-electron chi connectivity index (χ2n) is 4.95. The second kappa shape index (κ2) is 4.82. The van der Waals surface area contributed by atoms with Gasteiger partial charge in [-0.2, -0.15) is 0 Å². The minimum absolute atomic E-state index is 0.0768. The van der Waals surface area contributed by atoms with Gasteiger partial charge in [-0.1, -0.05) is 11.6 Å². The van der Waals surface area contributed by atoms with Crippen LogP contribution in [0, 0.1) is 5.92 Å². The molecule has 1 aliphatic heterocycles. The van der Waals surface area contributed by atoms with Crippen molar-refractivity contribution in [2.24, 2.45) is 10.9 Å². The van der Waals surface area contributed by atoms with Crippen molar-refractivity contribution in [3.05, 3.63) is 22.9 Å². The molecule has 0 amide bonds. The number of aromatic nitrogens is 2. The van der Waals surface area contributed by atoms with Gasteiger partial charge in [-0.25, -0.2) is 18.4 Å². The van der Waals surface area contributed by atoms with E-state index in [4.69, 9.17) is 11.6 Å². The van der Waals surface area contributed by atoms with Crippen LogP contribution < -0.4 is 5.32 Å². The quantitative estimate of drug-likeness (QED) is 0.678. The van der Waals surface area contributed by atoms with Crippen LogP contribution >= 0.6 is 11.6 Å². The predicted octanol–water partition coefficient (Wildman–Crippen LogP) is 1.69. The summed E-state index contributed by atoms with van der Waals surface area (Å²) in [6.07, 6.45) is 5.49. The highest BCUT2D eigenvalue weighted by Gasteiger charge is 2.28. The number of halogens is 1. The maximum atomic E-state index is 11.5. The number of hydrogen-bond acceptors (Lipinski definition) is 6. The summed E-state index contributed by atoms with van der Waals surface area (Å²) in [4.78, 5) is 12.0. The number of nitrogens with zero attached hydrogens (tertiary/aromatic N) is 3. The largest absolute Gasteiger partial charge is 0.325 e. The lowest BCUT2D eigenvalue weighted by atomic mass is 10.2. The van der Waals surface area contributed by atoms with Crippen molar-refractivity contribution in [2.45, 2.75) is 18.0 Å². The minimum atomic E-state index is -3.50. The average molecular weight is 313 g/mol. The first-order valence-electron chi connectivity index (χ1n) is 6.18. The Hall–Kier alpha value is -1.47. The van der Waals surface area contributed by atoms with Crippen LogP contribution in [0.3, 0.4) is 0 Å². The Bertz CT molecular complexity index is 723. The van der Waals surface area contributed by atoms with Gasteiger partial charge in [0.2, 0.25) is 15.0 Å². The topological polar surface area (TPSA) is 84.3 Å².